The SMILES string of the molecule is O=C1[C@H]2C3c4ccccc4C(Br)(c4ccccc43)[C@H]2C(=O)N1c1ccc(N([O-])O)cc1. The predicted octanol–water partition coefficient (Wildman–Crippen LogP) is 4.28. The maximum absolute atomic E-state index is 13.7. The van der Waals surface area contributed by atoms with Crippen molar-refractivity contribution in [3.8, 4) is 0 Å². The molecule has 3 aliphatic carbocycles. The van der Waals surface area contributed by atoms with E-state index in [-0.39, 0.29) is 28.6 Å². The minimum absolute atomic E-state index is 0.0251. The number of carbonyl (C=O) groups is 2. The van der Waals surface area contributed by atoms with Crippen LogP contribution in [0.1, 0.15) is 28.2 Å². The van der Waals surface area contributed by atoms with Crippen LogP contribution in [0.3, 0.4) is 0 Å². The van der Waals surface area contributed by atoms with Gasteiger partial charge in [0, 0.05) is 5.92 Å². The second kappa shape index (κ2) is 6.26. The number of rotatable bonds is 2. The molecule has 3 aromatic carbocycles. The molecule has 1 aliphatic heterocycles. The van der Waals surface area contributed by atoms with Gasteiger partial charge in [0.05, 0.1) is 27.5 Å². The zero-order chi connectivity index (χ0) is 21.5. The molecule has 3 aromatic rings. The van der Waals surface area contributed by atoms with Gasteiger partial charge in [0.1, 0.15) is 0 Å². The summed E-state index contributed by atoms with van der Waals surface area (Å²) >= 11 is 3.96. The van der Waals surface area contributed by atoms with Gasteiger partial charge in [0.15, 0.2) is 0 Å². The minimum atomic E-state index is -0.794. The Morgan fingerprint density at radius 2 is 1.42 bits per heavy atom. The quantitative estimate of drug-likeness (QED) is 0.339. The van der Waals surface area contributed by atoms with Crippen LogP contribution in [0.4, 0.5) is 11.4 Å². The van der Waals surface area contributed by atoms with Gasteiger partial charge in [-0.15, -0.1) is 0 Å². The van der Waals surface area contributed by atoms with Crippen LogP contribution in [0.5, 0.6) is 0 Å². The van der Waals surface area contributed by atoms with E-state index in [2.05, 4.69) is 15.9 Å². The van der Waals surface area contributed by atoms with E-state index in [9.17, 15) is 14.8 Å². The molecule has 7 heteroatoms. The Morgan fingerprint density at radius 3 is 1.97 bits per heavy atom. The van der Waals surface area contributed by atoms with Crippen molar-refractivity contribution >= 4 is 39.1 Å². The highest BCUT2D eigenvalue weighted by Crippen LogP contribution is 2.66. The van der Waals surface area contributed by atoms with Crippen LogP contribution in [0.15, 0.2) is 72.8 Å². The molecule has 1 saturated heterocycles. The molecular formula is C24H16BrN2O4-. The van der Waals surface area contributed by atoms with Gasteiger partial charge in [-0.25, -0.2) is 4.90 Å². The third-order valence-electron chi connectivity index (χ3n) is 6.84. The van der Waals surface area contributed by atoms with Crippen molar-refractivity contribution in [1.82, 2.24) is 0 Å². The first-order valence-electron chi connectivity index (χ1n) is 9.96. The summed E-state index contributed by atoms with van der Waals surface area (Å²) in [6.45, 7) is 0. The molecule has 1 N–H and O–H groups in total. The van der Waals surface area contributed by atoms with Gasteiger partial charge < -0.3 is 10.4 Å². The Bertz CT molecular complexity index is 1210. The Labute approximate surface area is 186 Å². The molecule has 31 heavy (non-hydrogen) atoms. The lowest BCUT2D eigenvalue weighted by atomic mass is 9.55. The van der Waals surface area contributed by atoms with Crippen molar-refractivity contribution in [3.05, 3.63) is 100 Å². The van der Waals surface area contributed by atoms with E-state index in [1.807, 2.05) is 48.5 Å². The number of anilines is 2. The maximum atomic E-state index is 13.7. The fraction of sp³-hybridized carbons (Fsp3) is 0.167. The van der Waals surface area contributed by atoms with Crippen molar-refractivity contribution in [2.24, 2.45) is 11.8 Å². The number of halogens is 1. The highest BCUT2D eigenvalue weighted by atomic mass is 79.9. The number of benzene rings is 3. The lowest BCUT2D eigenvalue weighted by molar-refractivity contribution is -0.122. The van der Waals surface area contributed by atoms with Crippen molar-refractivity contribution in [3.63, 3.8) is 0 Å². The van der Waals surface area contributed by atoms with Crippen LogP contribution < -0.4 is 10.1 Å². The van der Waals surface area contributed by atoms with Gasteiger partial charge in [-0.2, -0.15) is 0 Å². The molecule has 0 radical (unpaired) electrons. The molecule has 0 saturated carbocycles. The molecule has 4 aliphatic rings. The number of imide groups is 1. The van der Waals surface area contributed by atoms with E-state index < -0.39 is 16.2 Å². The molecule has 1 heterocycles. The van der Waals surface area contributed by atoms with Gasteiger partial charge in [0.25, 0.3) is 0 Å². The van der Waals surface area contributed by atoms with Crippen molar-refractivity contribution in [2.75, 3.05) is 10.1 Å². The number of nitrogens with zero attached hydrogens (tertiary/aromatic N) is 2. The summed E-state index contributed by atoms with van der Waals surface area (Å²) in [5.41, 5.74) is 4.61. The summed E-state index contributed by atoms with van der Waals surface area (Å²) in [7, 11) is 0. The van der Waals surface area contributed by atoms with Crippen LogP contribution in [0, 0.1) is 17.0 Å². The molecule has 0 spiro atoms. The summed E-state index contributed by atoms with van der Waals surface area (Å²) in [4.78, 5) is 28.7. The smallest absolute Gasteiger partial charge is 0.239 e. The molecule has 7 rings (SSSR count). The average Bonchev–Trinajstić information content (AvgIpc) is 3.06. The number of carbonyl (C=O) groups excluding carboxylic acids is 2. The van der Waals surface area contributed by atoms with Crippen molar-refractivity contribution in [1.29, 1.82) is 0 Å². The van der Waals surface area contributed by atoms with E-state index in [0.717, 1.165) is 22.3 Å². The summed E-state index contributed by atoms with van der Waals surface area (Å²) in [6, 6.07) is 21.8. The number of hydrogen-bond acceptors (Lipinski definition) is 5. The average molecular weight is 476 g/mol. The van der Waals surface area contributed by atoms with Crippen LogP contribution in [0.25, 0.3) is 0 Å². The van der Waals surface area contributed by atoms with Gasteiger partial charge >= 0.3 is 0 Å². The van der Waals surface area contributed by atoms with E-state index in [4.69, 9.17) is 5.21 Å². The van der Waals surface area contributed by atoms with Crippen LogP contribution in [0.2, 0.25) is 0 Å². The maximum Gasteiger partial charge on any atom is 0.239 e. The minimum Gasteiger partial charge on any atom is -0.733 e. The predicted molar refractivity (Wildman–Crippen MR) is 118 cm³/mol. The molecule has 6 nitrogen and oxygen atoms in total. The van der Waals surface area contributed by atoms with Crippen LogP contribution in [-0.2, 0) is 13.9 Å². The second-order valence-electron chi connectivity index (χ2n) is 8.17. The van der Waals surface area contributed by atoms with E-state index in [1.54, 1.807) is 0 Å². The van der Waals surface area contributed by atoms with Crippen LogP contribution in [-0.4, -0.2) is 17.0 Å². The van der Waals surface area contributed by atoms with Gasteiger partial charge in [0.2, 0.25) is 11.8 Å². The third kappa shape index (κ3) is 2.23. The van der Waals surface area contributed by atoms with Gasteiger partial charge in [-0.05, 0) is 46.5 Å². The van der Waals surface area contributed by atoms with Crippen molar-refractivity contribution in [2.45, 2.75) is 10.2 Å². The first-order valence-corrected chi connectivity index (χ1v) is 10.8. The molecule has 0 aromatic heterocycles. The molecule has 2 atom stereocenters. The zero-order valence-corrected chi connectivity index (χ0v) is 17.7. The summed E-state index contributed by atoms with van der Waals surface area (Å²) < 4.78 is -0.794. The number of alkyl halides is 1. The first-order chi connectivity index (χ1) is 14.9. The topological polar surface area (TPSA) is 83.9 Å². The Kier molecular flexibility index (Phi) is 3.78. The Balaban J connectivity index is 1.55. The number of amides is 2. The third-order valence-corrected chi connectivity index (χ3v) is 8.19. The lowest BCUT2D eigenvalue weighted by Crippen LogP contribution is -2.50. The van der Waals surface area contributed by atoms with E-state index >= 15 is 0 Å². The molecule has 2 bridgehead atoms. The van der Waals surface area contributed by atoms with Crippen LogP contribution >= 0.6 is 15.9 Å². The largest absolute Gasteiger partial charge is 0.733 e. The normalized spacial score (nSPS) is 27.7. The second-order valence-corrected chi connectivity index (χ2v) is 9.42. The molecule has 1 fully saturated rings. The Hall–Kier alpha value is -3.00. The molecule has 2 amide bonds. The number of hydrogen-bond donors (Lipinski definition) is 1. The highest BCUT2D eigenvalue weighted by molar-refractivity contribution is 9.09. The van der Waals surface area contributed by atoms with Crippen molar-refractivity contribution < 1.29 is 14.8 Å². The Morgan fingerprint density at radius 1 is 0.871 bits per heavy atom. The molecular weight excluding hydrogens is 460 g/mol. The standard InChI is InChI=1S/C24H16BrN2O4/c25-24-17-7-3-1-5-15(17)19(16-6-2-4-8-18(16)24)20-21(24)23(29)26(22(20)28)13-9-11-14(12-10-13)27(30)31/h1-12,19-21,30H/q-1/t19?,20-,21+,24?/m0/s1. The van der Waals surface area contributed by atoms with Gasteiger partial charge in [-0.3, -0.25) is 14.8 Å². The van der Waals surface area contributed by atoms with E-state index in [0.29, 0.717) is 5.69 Å². The fourth-order valence-electron chi connectivity index (χ4n) is 5.66. The fourth-order valence-corrected chi connectivity index (χ4v) is 6.87. The summed E-state index contributed by atoms with van der Waals surface area (Å²) in [5, 5.41) is 20.0. The zero-order valence-electron chi connectivity index (χ0n) is 16.1. The summed E-state index contributed by atoms with van der Waals surface area (Å²) in [5.74, 6) is -1.82. The van der Waals surface area contributed by atoms with E-state index in [1.165, 1.54) is 29.2 Å². The molecule has 0 unspecified atom stereocenters. The monoisotopic (exact) mass is 475 g/mol. The first kappa shape index (κ1) is 18.7. The lowest BCUT2D eigenvalue weighted by Gasteiger charge is -2.51. The molecule has 154 valence electrons. The summed E-state index contributed by atoms with van der Waals surface area (Å²) in [6.07, 6.45) is 0. The van der Waals surface area contributed by atoms with Gasteiger partial charge in [-0.1, -0.05) is 64.5 Å². The highest BCUT2D eigenvalue weighted by Gasteiger charge is 2.67.